The third-order valence-corrected chi connectivity index (χ3v) is 2.82. The number of phenols is 2. The molecule has 1 heterocycles. The second kappa shape index (κ2) is 4.95. The average molecular weight is 250 g/mol. The maximum absolute atomic E-state index is 11.7. The van der Waals surface area contributed by atoms with Crippen LogP contribution in [-0.2, 0) is 4.79 Å². The van der Waals surface area contributed by atoms with E-state index < -0.39 is 5.91 Å². The highest BCUT2D eigenvalue weighted by molar-refractivity contribution is 5.97. The molecule has 0 bridgehead atoms. The van der Waals surface area contributed by atoms with Crippen LogP contribution >= 0.6 is 0 Å². The highest BCUT2D eigenvalue weighted by Crippen LogP contribution is 2.22. The smallest absolute Gasteiger partial charge is 0.255 e. The molecule has 1 fully saturated rings. The summed E-state index contributed by atoms with van der Waals surface area (Å²) in [5.74, 6) is -0.828. The van der Waals surface area contributed by atoms with Crippen LogP contribution in [0.15, 0.2) is 18.2 Å². The summed E-state index contributed by atoms with van der Waals surface area (Å²) in [5, 5.41) is 24.0. The molecule has 1 aliphatic rings. The molecule has 0 spiro atoms. The van der Waals surface area contributed by atoms with Crippen molar-refractivity contribution in [2.45, 2.75) is 18.9 Å². The maximum atomic E-state index is 11.7. The lowest BCUT2D eigenvalue weighted by molar-refractivity contribution is -0.119. The summed E-state index contributed by atoms with van der Waals surface area (Å²) in [5.41, 5.74) is 0.0946. The number of amides is 2. The first-order valence-corrected chi connectivity index (χ1v) is 5.66. The van der Waals surface area contributed by atoms with Crippen molar-refractivity contribution in [2.24, 2.45) is 0 Å². The summed E-state index contributed by atoms with van der Waals surface area (Å²) < 4.78 is 0. The molecule has 0 aromatic heterocycles. The van der Waals surface area contributed by atoms with E-state index in [2.05, 4.69) is 10.6 Å². The monoisotopic (exact) mass is 250 g/mol. The SMILES string of the molecule is O=C1CCC(CNC(=O)c2ccc(O)cc2O)N1. The average Bonchev–Trinajstić information content (AvgIpc) is 2.72. The predicted molar refractivity (Wildman–Crippen MR) is 63.3 cm³/mol. The zero-order valence-electron chi connectivity index (χ0n) is 9.64. The van der Waals surface area contributed by atoms with Gasteiger partial charge in [-0.05, 0) is 18.6 Å². The standard InChI is InChI=1S/C12H14N2O4/c15-8-2-3-9(10(16)5-8)12(18)13-6-7-1-4-11(17)14-7/h2-3,5,7,15-16H,1,4,6H2,(H,13,18)(H,14,17). The molecule has 1 aromatic carbocycles. The van der Waals surface area contributed by atoms with Gasteiger partial charge in [0.05, 0.1) is 5.56 Å². The van der Waals surface area contributed by atoms with E-state index in [1.165, 1.54) is 12.1 Å². The molecule has 1 unspecified atom stereocenters. The summed E-state index contributed by atoms with van der Waals surface area (Å²) in [6.07, 6.45) is 1.17. The van der Waals surface area contributed by atoms with Crippen LogP contribution in [0.3, 0.4) is 0 Å². The number of benzene rings is 1. The molecule has 1 aliphatic heterocycles. The predicted octanol–water partition coefficient (Wildman–Crippen LogP) is 0.106. The largest absolute Gasteiger partial charge is 0.508 e. The van der Waals surface area contributed by atoms with Crippen LogP contribution in [0.2, 0.25) is 0 Å². The highest BCUT2D eigenvalue weighted by atomic mass is 16.3. The lowest BCUT2D eigenvalue weighted by Crippen LogP contribution is -2.38. The van der Waals surface area contributed by atoms with Crippen LogP contribution in [-0.4, -0.2) is 34.6 Å². The van der Waals surface area contributed by atoms with E-state index in [1.54, 1.807) is 0 Å². The van der Waals surface area contributed by atoms with Gasteiger partial charge in [-0.3, -0.25) is 9.59 Å². The van der Waals surface area contributed by atoms with Crippen LogP contribution in [0.5, 0.6) is 11.5 Å². The minimum atomic E-state index is -0.436. The lowest BCUT2D eigenvalue weighted by Gasteiger charge is -2.12. The molecule has 6 heteroatoms. The Morgan fingerprint density at radius 3 is 2.83 bits per heavy atom. The molecule has 2 rings (SSSR count). The van der Waals surface area contributed by atoms with Gasteiger partial charge in [-0.25, -0.2) is 0 Å². The van der Waals surface area contributed by atoms with Crippen molar-refractivity contribution in [2.75, 3.05) is 6.54 Å². The zero-order valence-corrected chi connectivity index (χ0v) is 9.64. The van der Waals surface area contributed by atoms with E-state index in [4.69, 9.17) is 5.11 Å². The summed E-state index contributed by atoms with van der Waals surface area (Å²) in [6.45, 7) is 0.324. The highest BCUT2D eigenvalue weighted by Gasteiger charge is 2.21. The summed E-state index contributed by atoms with van der Waals surface area (Å²) in [7, 11) is 0. The van der Waals surface area contributed by atoms with Gasteiger partial charge >= 0.3 is 0 Å². The number of carbonyl (C=O) groups excluding carboxylic acids is 2. The fraction of sp³-hybridized carbons (Fsp3) is 0.333. The molecule has 1 atom stereocenters. The first kappa shape index (κ1) is 12.2. The van der Waals surface area contributed by atoms with Crippen molar-refractivity contribution in [3.63, 3.8) is 0 Å². The molecule has 18 heavy (non-hydrogen) atoms. The third-order valence-electron chi connectivity index (χ3n) is 2.82. The number of carbonyl (C=O) groups is 2. The van der Waals surface area contributed by atoms with Crippen LogP contribution < -0.4 is 10.6 Å². The second-order valence-corrected chi connectivity index (χ2v) is 4.21. The van der Waals surface area contributed by atoms with Crippen molar-refractivity contribution in [3.05, 3.63) is 23.8 Å². The third kappa shape index (κ3) is 2.71. The van der Waals surface area contributed by atoms with Gasteiger partial charge in [0.15, 0.2) is 0 Å². The Kier molecular flexibility index (Phi) is 3.36. The Morgan fingerprint density at radius 2 is 2.22 bits per heavy atom. The van der Waals surface area contributed by atoms with E-state index in [-0.39, 0.29) is 29.0 Å². The molecular weight excluding hydrogens is 236 g/mol. The van der Waals surface area contributed by atoms with Crippen molar-refractivity contribution in [1.29, 1.82) is 0 Å². The Balaban J connectivity index is 1.93. The van der Waals surface area contributed by atoms with Gasteiger partial charge in [-0.1, -0.05) is 0 Å². The fourth-order valence-corrected chi connectivity index (χ4v) is 1.85. The Bertz CT molecular complexity index is 487. The lowest BCUT2D eigenvalue weighted by atomic mass is 10.1. The van der Waals surface area contributed by atoms with E-state index >= 15 is 0 Å². The van der Waals surface area contributed by atoms with Gasteiger partial charge in [-0.2, -0.15) is 0 Å². The molecule has 4 N–H and O–H groups in total. The first-order chi connectivity index (χ1) is 8.56. The number of phenolic OH excluding ortho intramolecular Hbond substituents is 2. The van der Waals surface area contributed by atoms with E-state index in [0.29, 0.717) is 19.4 Å². The normalized spacial score (nSPS) is 18.4. The number of rotatable bonds is 3. The molecule has 2 amide bonds. The zero-order chi connectivity index (χ0) is 13.1. The Labute approximate surface area is 104 Å². The van der Waals surface area contributed by atoms with Crippen LogP contribution in [0.1, 0.15) is 23.2 Å². The molecule has 0 saturated carbocycles. The van der Waals surface area contributed by atoms with Crippen molar-refractivity contribution in [1.82, 2.24) is 10.6 Å². The van der Waals surface area contributed by atoms with Gasteiger partial charge < -0.3 is 20.8 Å². The molecule has 6 nitrogen and oxygen atoms in total. The van der Waals surface area contributed by atoms with Crippen LogP contribution in [0.25, 0.3) is 0 Å². The van der Waals surface area contributed by atoms with E-state index in [9.17, 15) is 14.7 Å². The Morgan fingerprint density at radius 1 is 1.44 bits per heavy atom. The summed E-state index contributed by atoms with van der Waals surface area (Å²) >= 11 is 0. The molecule has 96 valence electrons. The first-order valence-electron chi connectivity index (χ1n) is 5.66. The molecule has 0 aliphatic carbocycles. The van der Waals surface area contributed by atoms with E-state index in [0.717, 1.165) is 6.07 Å². The van der Waals surface area contributed by atoms with E-state index in [1.807, 2.05) is 0 Å². The van der Waals surface area contributed by atoms with Crippen LogP contribution in [0, 0.1) is 0 Å². The van der Waals surface area contributed by atoms with Crippen molar-refractivity contribution < 1.29 is 19.8 Å². The number of hydrogen-bond acceptors (Lipinski definition) is 4. The number of hydrogen-bond donors (Lipinski definition) is 4. The van der Waals surface area contributed by atoms with Crippen molar-refractivity contribution >= 4 is 11.8 Å². The molecule has 1 aromatic rings. The fourth-order valence-electron chi connectivity index (χ4n) is 1.85. The molecule has 1 saturated heterocycles. The van der Waals surface area contributed by atoms with Gasteiger partial charge in [0.25, 0.3) is 5.91 Å². The second-order valence-electron chi connectivity index (χ2n) is 4.21. The van der Waals surface area contributed by atoms with Gasteiger partial charge in [0.1, 0.15) is 11.5 Å². The van der Waals surface area contributed by atoms with Crippen LogP contribution in [0.4, 0.5) is 0 Å². The number of aromatic hydroxyl groups is 2. The summed E-state index contributed by atoms with van der Waals surface area (Å²) in [4.78, 5) is 22.7. The molecule has 0 radical (unpaired) electrons. The summed E-state index contributed by atoms with van der Waals surface area (Å²) in [6, 6.07) is 3.71. The quantitative estimate of drug-likeness (QED) is 0.611. The molecular formula is C12H14N2O4. The van der Waals surface area contributed by atoms with Crippen molar-refractivity contribution in [3.8, 4) is 11.5 Å². The van der Waals surface area contributed by atoms with Gasteiger partial charge in [-0.15, -0.1) is 0 Å². The Hall–Kier alpha value is -2.24. The minimum Gasteiger partial charge on any atom is -0.508 e. The number of nitrogens with one attached hydrogen (secondary N) is 2. The maximum Gasteiger partial charge on any atom is 0.255 e. The topological polar surface area (TPSA) is 98.7 Å². The van der Waals surface area contributed by atoms with Gasteiger partial charge in [0.2, 0.25) is 5.91 Å². The minimum absolute atomic E-state index is 0.0123. The van der Waals surface area contributed by atoms with Gasteiger partial charge in [0, 0.05) is 25.1 Å².